The highest BCUT2D eigenvalue weighted by atomic mass is 32.1. The SMILES string of the molecule is Cc1ncc(CN2CCN(C(=O)CCC3CCNC3)CC2)s1. The minimum absolute atomic E-state index is 0.347. The van der Waals surface area contributed by atoms with Gasteiger partial charge >= 0.3 is 0 Å². The third-order valence-electron chi connectivity index (χ3n) is 4.70. The Bertz CT molecular complexity index is 490. The minimum atomic E-state index is 0.347. The monoisotopic (exact) mass is 322 g/mol. The van der Waals surface area contributed by atoms with Gasteiger partial charge in [-0.25, -0.2) is 4.98 Å². The van der Waals surface area contributed by atoms with Crippen LogP contribution in [0.15, 0.2) is 6.20 Å². The van der Waals surface area contributed by atoms with E-state index in [1.165, 1.54) is 11.3 Å². The van der Waals surface area contributed by atoms with E-state index in [0.717, 1.165) is 63.7 Å². The highest BCUT2D eigenvalue weighted by molar-refractivity contribution is 7.11. The van der Waals surface area contributed by atoms with Gasteiger partial charge in [0.05, 0.1) is 5.01 Å². The molecule has 0 aromatic carbocycles. The van der Waals surface area contributed by atoms with Crippen molar-refractivity contribution in [1.29, 1.82) is 0 Å². The van der Waals surface area contributed by atoms with E-state index in [1.807, 2.05) is 13.1 Å². The Morgan fingerprint density at radius 1 is 1.41 bits per heavy atom. The molecule has 22 heavy (non-hydrogen) atoms. The van der Waals surface area contributed by atoms with Crippen molar-refractivity contribution in [2.24, 2.45) is 5.92 Å². The number of aromatic nitrogens is 1. The second kappa shape index (κ2) is 7.53. The third kappa shape index (κ3) is 4.27. The summed E-state index contributed by atoms with van der Waals surface area (Å²) in [6.45, 7) is 8.94. The Kier molecular flexibility index (Phi) is 5.44. The average molecular weight is 322 g/mol. The van der Waals surface area contributed by atoms with Gasteiger partial charge in [-0.3, -0.25) is 9.69 Å². The van der Waals surface area contributed by atoms with Crippen LogP contribution in [-0.2, 0) is 11.3 Å². The molecule has 1 unspecified atom stereocenters. The van der Waals surface area contributed by atoms with E-state index in [-0.39, 0.29) is 0 Å². The number of rotatable bonds is 5. The molecule has 2 fully saturated rings. The lowest BCUT2D eigenvalue weighted by Gasteiger charge is -2.34. The Hall–Kier alpha value is -0.980. The Labute approximate surface area is 136 Å². The highest BCUT2D eigenvalue weighted by Gasteiger charge is 2.23. The topological polar surface area (TPSA) is 48.5 Å². The van der Waals surface area contributed by atoms with Crippen LogP contribution in [0.5, 0.6) is 0 Å². The fourth-order valence-corrected chi connectivity index (χ4v) is 4.14. The van der Waals surface area contributed by atoms with E-state index in [4.69, 9.17) is 0 Å². The van der Waals surface area contributed by atoms with E-state index < -0.39 is 0 Å². The molecular formula is C16H26N4OS. The molecule has 1 atom stereocenters. The van der Waals surface area contributed by atoms with Crippen LogP contribution in [0.25, 0.3) is 0 Å². The lowest BCUT2D eigenvalue weighted by molar-refractivity contribution is -0.133. The summed E-state index contributed by atoms with van der Waals surface area (Å²) in [5, 5.41) is 4.50. The van der Waals surface area contributed by atoms with Gasteiger partial charge in [0.1, 0.15) is 0 Å². The summed E-state index contributed by atoms with van der Waals surface area (Å²) in [6.07, 6.45) is 4.98. The van der Waals surface area contributed by atoms with E-state index in [0.29, 0.717) is 11.8 Å². The van der Waals surface area contributed by atoms with Crippen molar-refractivity contribution in [2.75, 3.05) is 39.3 Å². The van der Waals surface area contributed by atoms with Crippen LogP contribution in [0.3, 0.4) is 0 Å². The van der Waals surface area contributed by atoms with Crippen LogP contribution in [0.4, 0.5) is 0 Å². The molecule has 0 spiro atoms. The molecule has 122 valence electrons. The maximum Gasteiger partial charge on any atom is 0.222 e. The maximum atomic E-state index is 12.3. The molecule has 6 heteroatoms. The number of thiazole rings is 1. The molecule has 1 amide bonds. The van der Waals surface area contributed by atoms with Crippen LogP contribution < -0.4 is 5.32 Å². The fourth-order valence-electron chi connectivity index (χ4n) is 3.30. The number of aryl methyl sites for hydroxylation is 1. The molecule has 1 N–H and O–H groups in total. The van der Waals surface area contributed by atoms with Crippen LogP contribution in [0.1, 0.15) is 29.1 Å². The predicted molar refractivity (Wildman–Crippen MR) is 88.9 cm³/mol. The molecule has 0 bridgehead atoms. The van der Waals surface area contributed by atoms with Crippen molar-refractivity contribution in [1.82, 2.24) is 20.1 Å². The van der Waals surface area contributed by atoms with Crippen molar-refractivity contribution in [3.8, 4) is 0 Å². The van der Waals surface area contributed by atoms with Crippen LogP contribution >= 0.6 is 11.3 Å². The summed E-state index contributed by atoms with van der Waals surface area (Å²) in [6, 6.07) is 0. The molecule has 2 saturated heterocycles. The van der Waals surface area contributed by atoms with Gasteiger partial charge in [0.2, 0.25) is 5.91 Å². The number of carbonyl (C=O) groups is 1. The molecular weight excluding hydrogens is 296 g/mol. The van der Waals surface area contributed by atoms with Crippen LogP contribution in [0.2, 0.25) is 0 Å². The Balaban J connectivity index is 1.38. The summed E-state index contributed by atoms with van der Waals surface area (Å²) < 4.78 is 0. The predicted octanol–water partition coefficient (Wildman–Crippen LogP) is 1.49. The summed E-state index contributed by atoms with van der Waals surface area (Å²) in [7, 11) is 0. The quantitative estimate of drug-likeness (QED) is 0.892. The third-order valence-corrected chi connectivity index (χ3v) is 5.60. The van der Waals surface area contributed by atoms with Crippen molar-refractivity contribution >= 4 is 17.2 Å². The highest BCUT2D eigenvalue weighted by Crippen LogP contribution is 2.17. The minimum Gasteiger partial charge on any atom is -0.340 e. The van der Waals surface area contributed by atoms with Crippen LogP contribution in [-0.4, -0.2) is 60.0 Å². The van der Waals surface area contributed by atoms with Gasteiger partial charge in [-0.1, -0.05) is 0 Å². The molecule has 5 nitrogen and oxygen atoms in total. The number of piperazine rings is 1. The molecule has 0 saturated carbocycles. The first-order valence-corrected chi connectivity index (χ1v) is 9.14. The number of hydrogen-bond acceptors (Lipinski definition) is 5. The molecule has 2 aliphatic heterocycles. The summed E-state index contributed by atoms with van der Waals surface area (Å²) in [5.41, 5.74) is 0. The van der Waals surface area contributed by atoms with Gasteiger partial charge in [-0.05, 0) is 38.8 Å². The lowest BCUT2D eigenvalue weighted by atomic mass is 10.0. The molecule has 2 aliphatic rings. The van der Waals surface area contributed by atoms with Gasteiger partial charge in [0.15, 0.2) is 0 Å². The molecule has 1 aromatic heterocycles. The zero-order valence-corrected chi connectivity index (χ0v) is 14.2. The van der Waals surface area contributed by atoms with Gasteiger partial charge in [0.25, 0.3) is 0 Å². The number of amides is 1. The molecule has 1 aromatic rings. The van der Waals surface area contributed by atoms with Crippen LogP contribution in [0, 0.1) is 12.8 Å². The van der Waals surface area contributed by atoms with Gasteiger partial charge in [-0.15, -0.1) is 11.3 Å². The Morgan fingerprint density at radius 3 is 2.86 bits per heavy atom. The van der Waals surface area contributed by atoms with Gasteiger partial charge < -0.3 is 10.2 Å². The molecule has 3 heterocycles. The zero-order chi connectivity index (χ0) is 15.4. The summed E-state index contributed by atoms with van der Waals surface area (Å²) in [4.78, 5) is 22.4. The first kappa shape index (κ1) is 15.9. The smallest absolute Gasteiger partial charge is 0.222 e. The van der Waals surface area contributed by atoms with Crippen molar-refractivity contribution < 1.29 is 4.79 Å². The molecule has 0 aliphatic carbocycles. The zero-order valence-electron chi connectivity index (χ0n) is 13.4. The summed E-state index contributed by atoms with van der Waals surface area (Å²) >= 11 is 1.77. The Morgan fingerprint density at radius 2 is 2.23 bits per heavy atom. The summed E-state index contributed by atoms with van der Waals surface area (Å²) in [5.74, 6) is 1.06. The normalized spacial score (nSPS) is 23.1. The maximum absolute atomic E-state index is 12.3. The van der Waals surface area contributed by atoms with Crippen molar-refractivity contribution in [2.45, 2.75) is 32.7 Å². The van der Waals surface area contributed by atoms with E-state index in [9.17, 15) is 4.79 Å². The first-order chi connectivity index (χ1) is 10.7. The van der Waals surface area contributed by atoms with Crippen molar-refractivity contribution in [3.63, 3.8) is 0 Å². The second-order valence-corrected chi connectivity index (χ2v) is 7.72. The fraction of sp³-hybridized carbons (Fsp3) is 0.750. The standard InChI is InChI=1S/C16H26N4OS/c1-13-18-11-15(22-13)12-19-6-8-20(9-7-19)16(21)3-2-14-4-5-17-10-14/h11,14,17H,2-10,12H2,1H3. The average Bonchev–Trinajstić information content (AvgIpc) is 3.17. The van der Waals surface area contributed by atoms with Crippen molar-refractivity contribution in [3.05, 3.63) is 16.1 Å². The van der Waals surface area contributed by atoms with E-state index >= 15 is 0 Å². The number of nitrogens with zero attached hydrogens (tertiary/aromatic N) is 3. The molecule has 0 radical (unpaired) electrons. The second-order valence-electron chi connectivity index (χ2n) is 6.40. The number of carbonyl (C=O) groups excluding carboxylic acids is 1. The van der Waals surface area contributed by atoms with E-state index in [1.54, 1.807) is 11.3 Å². The van der Waals surface area contributed by atoms with E-state index in [2.05, 4.69) is 20.1 Å². The van der Waals surface area contributed by atoms with Gasteiger partial charge in [0, 0.05) is 50.2 Å². The van der Waals surface area contributed by atoms with Gasteiger partial charge in [-0.2, -0.15) is 0 Å². The molecule has 3 rings (SSSR count). The largest absolute Gasteiger partial charge is 0.340 e. The first-order valence-electron chi connectivity index (χ1n) is 8.33. The lowest BCUT2D eigenvalue weighted by Crippen LogP contribution is -2.48. The number of nitrogens with one attached hydrogen (secondary N) is 1. The number of hydrogen-bond donors (Lipinski definition) is 1.